The first kappa shape index (κ1) is 14.9. The van der Waals surface area contributed by atoms with Gasteiger partial charge < -0.3 is 10.5 Å². The third-order valence-electron chi connectivity index (χ3n) is 3.76. The Kier molecular flexibility index (Phi) is 5.11. The van der Waals surface area contributed by atoms with Crippen LogP contribution in [0.15, 0.2) is 18.2 Å². The van der Waals surface area contributed by atoms with Crippen molar-refractivity contribution in [1.82, 2.24) is 4.90 Å². The molecule has 1 rings (SSSR count). The summed E-state index contributed by atoms with van der Waals surface area (Å²) in [5, 5.41) is 0. The summed E-state index contributed by atoms with van der Waals surface area (Å²) >= 11 is 0. The summed E-state index contributed by atoms with van der Waals surface area (Å²) in [6.07, 6.45) is 0.957. The van der Waals surface area contributed by atoms with Crippen molar-refractivity contribution in [2.75, 3.05) is 20.7 Å². The van der Waals surface area contributed by atoms with E-state index in [0.717, 1.165) is 12.0 Å². The molecule has 0 amide bonds. The van der Waals surface area contributed by atoms with Gasteiger partial charge in [-0.05, 0) is 38.1 Å². The smallest absolute Gasteiger partial charge is 0.165 e. The highest BCUT2D eigenvalue weighted by atomic mass is 19.1. The predicted molar refractivity (Wildman–Crippen MR) is 72.2 cm³/mol. The molecule has 4 heteroatoms. The van der Waals surface area contributed by atoms with Gasteiger partial charge in [0.1, 0.15) is 0 Å². The largest absolute Gasteiger partial charge is 0.494 e. The topological polar surface area (TPSA) is 38.5 Å². The van der Waals surface area contributed by atoms with Gasteiger partial charge in [-0.3, -0.25) is 4.90 Å². The van der Waals surface area contributed by atoms with Gasteiger partial charge in [-0.25, -0.2) is 4.39 Å². The van der Waals surface area contributed by atoms with E-state index in [1.165, 1.54) is 13.2 Å². The van der Waals surface area contributed by atoms with Crippen molar-refractivity contribution in [3.63, 3.8) is 0 Å². The van der Waals surface area contributed by atoms with Crippen molar-refractivity contribution in [1.29, 1.82) is 0 Å². The maximum absolute atomic E-state index is 13.6. The normalized spacial score (nSPS) is 14.6. The van der Waals surface area contributed by atoms with Gasteiger partial charge >= 0.3 is 0 Å². The van der Waals surface area contributed by atoms with Crippen LogP contribution in [0.1, 0.15) is 25.8 Å². The minimum atomic E-state index is -0.325. The molecule has 0 radical (unpaired) electrons. The number of hydrogen-bond acceptors (Lipinski definition) is 3. The Bertz CT molecular complexity index is 391. The van der Waals surface area contributed by atoms with E-state index >= 15 is 0 Å². The fourth-order valence-corrected chi connectivity index (χ4v) is 1.84. The van der Waals surface area contributed by atoms with E-state index in [2.05, 4.69) is 18.7 Å². The van der Waals surface area contributed by atoms with E-state index in [4.69, 9.17) is 10.5 Å². The van der Waals surface area contributed by atoms with Crippen LogP contribution in [0.3, 0.4) is 0 Å². The number of benzene rings is 1. The maximum atomic E-state index is 13.6. The standard InChI is InChI=1S/C14H23FN2O/c1-5-14(2,10-16)17(3)9-11-6-7-13(18-4)12(15)8-11/h6-8H,5,9-10,16H2,1-4H3. The van der Waals surface area contributed by atoms with Crippen LogP contribution in [0, 0.1) is 5.82 Å². The minimum absolute atomic E-state index is 0.0591. The van der Waals surface area contributed by atoms with Gasteiger partial charge in [0.2, 0.25) is 0 Å². The molecule has 18 heavy (non-hydrogen) atoms. The SMILES string of the molecule is CCC(C)(CN)N(C)Cc1ccc(OC)c(F)c1. The van der Waals surface area contributed by atoms with Crippen molar-refractivity contribution in [2.24, 2.45) is 5.73 Å². The summed E-state index contributed by atoms with van der Waals surface area (Å²) in [6.45, 7) is 5.48. The van der Waals surface area contributed by atoms with Crippen LogP contribution in [0.5, 0.6) is 5.75 Å². The first-order valence-electron chi connectivity index (χ1n) is 6.20. The quantitative estimate of drug-likeness (QED) is 0.847. The lowest BCUT2D eigenvalue weighted by Gasteiger charge is -2.37. The molecule has 0 aliphatic rings. The van der Waals surface area contributed by atoms with Gasteiger partial charge in [-0.1, -0.05) is 13.0 Å². The highest BCUT2D eigenvalue weighted by Crippen LogP contribution is 2.22. The summed E-state index contributed by atoms with van der Waals surface area (Å²) < 4.78 is 18.5. The molecular formula is C14H23FN2O. The van der Waals surface area contributed by atoms with Crippen molar-refractivity contribution >= 4 is 0 Å². The Morgan fingerprint density at radius 1 is 1.44 bits per heavy atom. The van der Waals surface area contributed by atoms with Crippen LogP contribution in [-0.4, -0.2) is 31.1 Å². The highest BCUT2D eigenvalue weighted by Gasteiger charge is 2.25. The Hall–Kier alpha value is -1.13. The van der Waals surface area contributed by atoms with Crippen LogP contribution >= 0.6 is 0 Å². The second-order valence-electron chi connectivity index (χ2n) is 4.88. The molecule has 0 saturated carbocycles. The molecule has 0 saturated heterocycles. The molecule has 0 heterocycles. The van der Waals surface area contributed by atoms with E-state index in [0.29, 0.717) is 13.1 Å². The molecule has 1 atom stereocenters. The van der Waals surface area contributed by atoms with Gasteiger partial charge in [-0.15, -0.1) is 0 Å². The fraction of sp³-hybridized carbons (Fsp3) is 0.571. The van der Waals surface area contributed by atoms with Crippen LogP contribution in [0.2, 0.25) is 0 Å². The van der Waals surface area contributed by atoms with Gasteiger partial charge in [0.25, 0.3) is 0 Å². The lowest BCUT2D eigenvalue weighted by molar-refractivity contribution is 0.131. The molecule has 0 aromatic heterocycles. The second kappa shape index (κ2) is 6.16. The zero-order valence-corrected chi connectivity index (χ0v) is 11.7. The van der Waals surface area contributed by atoms with Crippen molar-refractivity contribution in [3.8, 4) is 5.75 Å². The number of rotatable bonds is 6. The zero-order valence-electron chi connectivity index (χ0n) is 11.7. The molecule has 102 valence electrons. The first-order chi connectivity index (χ1) is 8.46. The lowest BCUT2D eigenvalue weighted by Crippen LogP contribution is -2.48. The van der Waals surface area contributed by atoms with Crippen molar-refractivity contribution in [2.45, 2.75) is 32.4 Å². The van der Waals surface area contributed by atoms with Crippen molar-refractivity contribution < 1.29 is 9.13 Å². The van der Waals surface area contributed by atoms with Gasteiger partial charge in [-0.2, -0.15) is 0 Å². The Labute approximate surface area is 109 Å². The molecule has 0 aliphatic heterocycles. The van der Waals surface area contributed by atoms with Gasteiger partial charge in [0, 0.05) is 18.6 Å². The zero-order chi connectivity index (χ0) is 13.8. The number of halogens is 1. The van der Waals surface area contributed by atoms with Gasteiger partial charge in [0.15, 0.2) is 11.6 Å². The van der Waals surface area contributed by atoms with E-state index in [1.807, 2.05) is 13.1 Å². The number of nitrogens with two attached hydrogens (primary N) is 1. The summed E-state index contributed by atoms with van der Waals surface area (Å²) in [5.41, 5.74) is 6.67. The maximum Gasteiger partial charge on any atom is 0.165 e. The Balaban J connectivity index is 2.82. The molecule has 0 spiro atoms. The summed E-state index contributed by atoms with van der Waals surface area (Å²) in [4.78, 5) is 2.16. The minimum Gasteiger partial charge on any atom is -0.494 e. The second-order valence-corrected chi connectivity index (χ2v) is 4.88. The summed E-state index contributed by atoms with van der Waals surface area (Å²) in [7, 11) is 3.48. The Morgan fingerprint density at radius 3 is 2.56 bits per heavy atom. The molecule has 0 fully saturated rings. The van der Waals surface area contributed by atoms with E-state index in [1.54, 1.807) is 6.07 Å². The predicted octanol–water partition coefficient (Wildman–Crippen LogP) is 2.39. The average molecular weight is 254 g/mol. The number of methoxy groups -OCH3 is 1. The van der Waals surface area contributed by atoms with E-state index in [9.17, 15) is 4.39 Å². The molecule has 0 bridgehead atoms. The molecule has 1 aromatic carbocycles. The number of hydrogen-bond donors (Lipinski definition) is 1. The van der Waals surface area contributed by atoms with Crippen molar-refractivity contribution in [3.05, 3.63) is 29.6 Å². The van der Waals surface area contributed by atoms with E-state index < -0.39 is 0 Å². The first-order valence-corrected chi connectivity index (χ1v) is 6.20. The van der Waals surface area contributed by atoms with Crippen LogP contribution in [-0.2, 0) is 6.54 Å². The third kappa shape index (κ3) is 3.21. The fourth-order valence-electron chi connectivity index (χ4n) is 1.84. The molecule has 0 aliphatic carbocycles. The summed E-state index contributed by atoms with van der Waals surface area (Å²) in [6, 6.07) is 5.05. The lowest BCUT2D eigenvalue weighted by atomic mass is 9.96. The van der Waals surface area contributed by atoms with Crippen LogP contribution in [0.4, 0.5) is 4.39 Å². The van der Waals surface area contributed by atoms with Crippen LogP contribution < -0.4 is 10.5 Å². The van der Waals surface area contributed by atoms with Crippen LogP contribution in [0.25, 0.3) is 0 Å². The molecule has 3 nitrogen and oxygen atoms in total. The molecule has 1 unspecified atom stereocenters. The highest BCUT2D eigenvalue weighted by molar-refractivity contribution is 5.29. The van der Waals surface area contributed by atoms with Gasteiger partial charge in [0.05, 0.1) is 7.11 Å². The molecule has 1 aromatic rings. The summed E-state index contributed by atoms with van der Waals surface area (Å²) in [5.74, 6) is -0.0483. The number of nitrogens with zero attached hydrogens (tertiary/aromatic N) is 1. The number of likely N-dealkylation sites (N-methyl/N-ethyl adjacent to an activating group) is 1. The molecular weight excluding hydrogens is 231 g/mol. The average Bonchev–Trinajstić information content (AvgIpc) is 2.38. The van der Waals surface area contributed by atoms with E-state index in [-0.39, 0.29) is 17.1 Å². The number of ether oxygens (including phenoxy) is 1. The molecule has 2 N–H and O–H groups in total. The Morgan fingerprint density at radius 2 is 2.11 bits per heavy atom. The third-order valence-corrected chi connectivity index (χ3v) is 3.76. The monoisotopic (exact) mass is 254 g/mol.